The van der Waals surface area contributed by atoms with Crippen LogP contribution in [-0.2, 0) is 13.2 Å². The molecular formula is C48H54Cl2Mg2N4O4+4. The zero-order chi connectivity index (χ0) is 42.1. The molecule has 6 aromatic carbocycles. The third-order valence-corrected chi connectivity index (χ3v) is 8.89. The van der Waals surface area contributed by atoms with Crippen molar-refractivity contribution in [3.63, 3.8) is 0 Å². The van der Waals surface area contributed by atoms with Crippen molar-refractivity contribution < 1.29 is 40.2 Å². The van der Waals surface area contributed by atoms with Gasteiger partial charge >= 0.3 is 46.1 Å². The molecule has 304 valence electrons. The number of hydrogen-bond donors (Lipinski definition) is 4. The van der Waals surface area contributed by atoms with Crippen molar-refractivity contribution in [2.45, 2.75) is 13.2 Å². The maximum absolute atomic E-state index is 12.2. The first-order chi connectivity index (χ1) is 28.0. The molecule has 0 aromatic heterocycles. The zero-order valence-corrected chi connectivity index (χ0v) is 39.4. The molecule has 0 heterocycles. The smallest absolute Gasteiger partial charge is 0.872 e. The van der Waals surface area contributed by atoms with Gasteiger partial charge < -0.3 is 30.2 Å². The summed E-state index contributed by atoms with van der Waals surface area (Å²) in [7, 11) is 8.40. The number of halogens is 2. The summed E-state index contributed by atoms with van der Waals surface area (Å²) in [4.78, 5) is 9.48. The summed E-state index contributed by atoms with van der Waals surface area (Å²) < 4.78 is 0. The van der Waals surface area contributed by atoms with Crippen LogP contribution in [0.3, 0.4) is 0 Å². The topological polar surface area (TPSA) is 129 Å². The number of nitrogens with one attached hydrogen (secondary N) is 4. The molecule has 0 radical (unpaired) electrons. The fraction of sp³-hybridized carbons (Fsp3) is 0.208. The Labute approximate surface area is 398 Å². The van der Waals surface area contributed by atoms with Crippen LogP contribution in [0.5, 0.6) is 11.5 Å². The van der Waals surface area contributed by atoms with Crippen LogP contribution in [0.2, 0.25) is 10.0 Å². The van der Waals surface area contributed by atoms with Crippen LogP contribution in [0.25, 0.3) is 0 Å². The summed E-state index contributed by atoms with van der Waals surface area (Å²) in [5, 5.41) is 45.7. The summed E-state index contributed by atoms with van der Waals surface area (Å²) in [5.41, 5.74) is 6.59. The van der Waals surface area contributed by atoms with Crippen LogP contribution in [0.4, 0.5) is 0 Å². The average Bonchev–Trinajstić information content (AvgIpc) is 3.25. The SMILES string of the molecule is C[NH+](C)CC[NH+]=C(c1ccccc1)c1cc(Cl)ccc1[O-].C[NH+](C)CC[NH+]=C(c1ccccc1)c1cc(Cl)ccc1[O-].[Mg+2].[Mg+2].[O-]Cc1ccccc1.[O-]Cc1ccccc1. The average molecular weight is 870 g/mol. The van der Waals surface area contributed by atoms with E-state index >= 15 is 0 Å². The van der Waals surface area contributed by atoms with Crippen LogP contribution in [-0.4, -0.2) is 112 Å². The van der Waals surface area contributed by atoms with Crippen molar-refractivity contribution in [1.82, 2.24) is 0 Å². The second kappa shape index (κ2) is 31.1. The molecule has 12 heteroatoms. The fourth-order valence-corrected chi connectivity index (χ4v) is 5.68. The molecule has 0 spiro atoms. The first kappa shape index (κ1) is 54.2. The van der Waals surface area contributed by atoms with Gasteiger partial charge in [0.15, 0.2) is 13.1 Å². The molecule has 0 saturated carbocycles. The minimum absolute atomic E-state index is 0. The van der Waals surface area contributed by atoms with Gasteiger partial charge in [-0.1, -0.05) is 155 Å². The monoisotopic (exact) mass is 868 g/mol. The number of hydrogen-bond acceptors (Lipinski definition) is 4. The Kier molecular flexibility index (Phi) is 28.1. The van der Waals surface area contributed by atoms with Crippen molar-refractivity contribution >= 4 is 80.7 Å². The number of benzene rings is 6. The van der Waals surface area contributed by atoms with E-state index in [4.69, 9.17) is 23.2 Å². The van der Waals surface area contributed by atoms with Gasteiger partial charge in [-0.2, -0.15) is 0 Å². The molecule has 0 aliphatic heterocycles. The standard InChI is InChI=1S/2C17H19ClN2O.2C7H7O.2Mg/c2*1-20(2)11-10-19-17(13-6-4-3-5-7-13)15-12-14(18)8-9-16(15)21;2*8-6-7-4-2-1-3-5-7;;/h2*3-9,12,21H,10-11H2,1-2H3;2*1-5H,6H2;;/q;;2*-1;2*+2/p+2. The molecule has 0 fully saturated rings. The molecular weight excluding hydrogens is 816 g/mol. The van der Waals surface area contributed by atoms with E-state index in [0.717, 1.165) is 59.9 Å². The number of rotatable bonds is 12. The minimum atomic E-state index is -0.110. The van der Waals surface area contributed by atoms with Gasteiger partial charge in [0.2, 0.25) is 11.4 Å². The summed E-state index contributed by atoms with van der Waals surface area (Å²) in [6.45, 7) is 3.29. The van der Waals surface area contributed by atoms with Crippen LogP contribution >= 0.6 is 23.2 Å². The Morgan fingerprint density at radius 3 is 1.03 bits per heavy atom. The molecule has 8 nitrogen and oxygen atoms in total. The largest absolute Gasteiger partial charge is 2.00 e. The quantitative estimate of drug-likeness (QED) is 0.0958. The summed E-state index contributed by atoms with van der Waals surface area (Å²) in [6, 6.07) is 48.0. The molecule has 0 atom stereocenters. The van der Waals surface area contributed by atoms with Gasteiger partial charge in [-0.3, -0.25) is 0 Å². The van der Waals surface area contributed by atoms with Crippen LogP contribution in [0, 0.1) is 0 Å². The predicted molar refractivity (Wildman–Crippen MR) is 240 cm³/mol. The number of quaternary nitrogens is 2. The van der Waals surface area contributed by atoms with Crippen LogP contribution < -0.4 is 40.2 Å². The summed E-state index contributed by atoms with van der Waals surface area (Å²) in [5.74, 6) is -0.0501. The molecule has 6 rings (SSSR count). The molecule has 0 aliphatic carbocycles. The van der Waals surface area contributed by atoms with Gasteiger partial charge in [-0.25, -0.2) is 9.98 Å². The molecule has 6 aromatic rings. The van der Waals surface area contributed by atoms with Gasteiger partial charge in [0.25, 0.3) is 0 Å². The third kappa shape index (κ3) is 20.7. The van der Waals surface area contributed by atoms with E-state index < -0.39 is 0 Å². The van der Waals surface area contributed by atoms with Gasteiger partial charge in [0, 0.05) is 32.3 Å². The molecule has 4 N–H and O–H groups in total. The first-order valence-corrected chi connectivity index (χ1v) is 19.9. The first-order valence-electron chi connectivity index (χ1n) is 19.1. The Bertz CT molecular complexity index is 1960. The van der Waals surface area contributed by atoms with Gasteiger partial charge in [0.05, 0.1) is 28.2 Å². The van der Waals surface area contributed by atoms with Crippen molar-refractivity contribution in [1.29, 1.82) is 0 Å². The van der Waals surface area contributed by atoms with Gasteiger partial charge in [-0.05, 0) is 48.5 Å². The predicted octanol–water partition coefficient (Wildman–Crippen LogP) is -0.716. The maximum Gasteiger partial charge on any atom is 2.00 e. The number of likely N-dealkylation sites (N-methyl/N-ethyl adjacent to an activating group) is 2. The van der Waals surface area contributed by atoms with Crippen molar-refractivity contribution in [3.8, 4) is 11.5 Å². The molecule has 0 bridgehead atoms. The Morgan fingerprint density at radius 2 is 0.767 bits per heavy atom. The fourth-order valence-electron chi connectivity index (χ4n) is 5.33. The molecule has 0 unspecified atom stereocenters. The Hall–Kier alpha value is -3.79. The molecule has 60 heavy (non-hydrogen) atoms. The summed E-state index contributed by atoms with van der Waals surface area (Å²) >= 11 is 12.1. The molecule has 0 amide bonds. The maximum atomic E-state index is 12.2. The van der Waals surface area contributed by atoms with Gasteiger partial charge in [0.1, 0.15) is 13.1 Å². The zero-order valence-electron chi connectivity index (χ0n) is 35.1. The van der Waals surface area contributed by atoms with Crippen molar-refractivity contribution in [3.05, 3.63) is 201 Å². The van der Waals surface area contributed by atoms with E-state index in [2.05, 4.69) is 38.2 Å². The van der Waals surface area contributed by atoms with E-state index in [1.807, 2.05) is 121 Å². The van der Waals surface area contributed by atoms with E-state index in [0.29, 0.717) is 21.2 Å². The summed E-state index contributed by atoms with van der Waals surface area (Å²) in [6.07, 6.45) is 0. The second-order valence-electron chi connectivity index (χ2n) is 13.8. The second-order valence-corrected chi connectivity index (χ2v) is 14.7. The van der Waals surface area contributed by atoms with Gasteiger partial charge in [-0.15, -0.1) is 13.2 Å². The molecule has 0 aliphatic rings. The minimum Gasteiger partial charge on any atom is -0.872 e. The Balaban J connectivity index is 0.000000431. The van der Waals surface area contributed by atoms with E-state index in [1.54, 1.807) is 24.3 Å². The van der Waals surface area contributed by atoms with Crippen LogP contribution in [0.1, 0.15) is 33.4 Å². The van der Waals surface area contributed by atoms with Crippen molar-refractivity contribution in [2.75, 3.05) is 54.4 Å². The van der Waals surface area contributed by atoms with E-state index in [-0.39, 0.29) is 70.8 Å². The normalized spacial score (nSPS) is 10.8. The molecule has 0 saturated heterocycles. The van der Waals surface area contributed by atoms with E-state index in [1.165, 1.54) is 21.9 Å². The Morgan fingerprint density at radius 1 is 0.467 bits per heavy atom. The van der Waals surface area contributed by atoms with Crippen LogP contribution in [0.15, 0.2) is 158 Å². The van der Waals surface area contributed by atoms with Crippen molar-refractivity contribution in [2.24, 2.45) is 0 Å². The third-order valence-electron chi connectivity index (χ3n) is 8.42. The van der Waals surface area contributed by atoms with E-state index in [9.17, 15) is 20.4 Å².